The van der Waals surface area contributed by atoms with Crippen LogP contribution in [0, 0.1) is 23.7 Å². The molecule has 0 bridgehead atoms. The summed E-state index contributed by atoms with van der Waals surface area (Å²) in [6, 6.07) is 0. The van der Waals surface area contributed by atoms with Crippen molar-refractivity contribution in [3.05, 3.63) is 0 Å². The van der Waals surface area contributed by atoms with Crippen LogP contribution in [-0.4, -0.2) is 96.7 Å². The molecule has 0 rings (SSSR count). The number of carbonyl (C=O) groups is 4. The van der Waals surface area contributed by atoms with Gasteiger partial charge in [0.2, 0.25) is 0 Å². The fourth-order valence-electron chi connectivity index (χ4n) is 12.4. The van der Waals surface area contributed by atoms with Crippen LogP contribution in [0.25, 0.3) is 0 Å². The maximum absolute atomic E-state index is 13.1. The molecule has 0 aromatic heterocycles. The minimum absolute atomic E-state index is 0.105. The van der Waals surface area contributed by atoms with Gasteiger partial charge in [0.15, 0.2) is 12.2 Å². The molecule has 594 valence electrons. The van der Waals surface area contributed by atoms with Crippen LogP contribution >= 0.6 is 15.6 Å². The molecule has 0 aliphatic carbocycles. The van der Waals surface area contributed by atoms with Crippen molar-refractivity contribution < 1.29 is 80.2 Å². The lowest BCUT2D eigenvalue weighted by Gasteiger charge is -2.21. The Kier molecular flexibility index (Phi) is 68.7. The molecule has 0 saturated carbocycles. The number of unbranched alkanes of at least 4 members (excludes halogenated alkanes) is 43. The van der Waals surface area contributed by atoms with Gasteiger partial charge >= 0.3 is 39.5 Å². The predicted molar refractivity (Wildman–Crippen MR) is 409 cm³/mol. The third-order valence-corrected chi connectivity index (χ3v) is 21.1. The van der Waals surface area contributed by atoms with Crippen molar-refractivity contribution in [1.82, 2.24) is 0 Å². The Balaban J connectivity index is 5.24. The Morgan fingerprint density at radius 3 is 0.710 bits per heavy atom. The third kappa shape index (κ3) is 73.0. The fraction of sp³-hybridized carbons (Fsp3) is 0.951. The van der Waals surface area contributed by atoms with Gasteiger partial charge in [-0.05, 0) is 49.4 Å². The van der Waals surface area contributed by atoms with E-state index >= 15 is 0 Å². The maximum Gasteiger partial charge on any atom is 0.472 e. The van der Waals surface area contributed by atoms with Crippen LogP contribution in [0.3, 0.4) is 0 Å². The standard InChI is InChI=1S/C81H158O17P2/c1-9-74(8)60-52-44-36-31-32-38-46-54-62-79(84)92-68-77(98-81(86)64-56-48-40-30-24-23-27-35-43-51-59-73(6)7)70-96-100(89,90)94-66-75(82)65-93-99(87,88)95-69-76(67-91-78(83)61-53-45-37-28-22-18-20-26-34-42-50-58-72(4)5)97-80(85)63-55-47-39-29-21-17-15-13-11-10-12-14-16-19-25-33-41-49-57-71(2)3/h71-77,82H,9-70H2,1-8H3,(H,87,88)(H,89,90)/t74?,75-,76-,77-/m1/s1. The number of rotatable bonds is 78. The van der Waals surface area contributed by atoms with Gasteiger partial charge in [-0.1, -0.05) is 364 Å². The highest BCUT2D eigenvalue weighted by Gasteiger charge is 2.30. The molecule has 0 saturated heterocycles. The number of phosphoric acid groups is 2. The van der Waals surface area contributed by atoms with Crippen LogP contribution in [0.4, 0.5) is 0 Å². The Morgan fingerprint density at radius 1 is 0.280 bits per heavy atom. The van der Waals surface area contributed by atoms with E-state index in [0.717, 1.165) is 114 Å². The highest BCUT2D eigenvalue weighted by atomic mass is 31.2. The first kappa shape index (κ1) is 98.1. The van der Waals surface area contributed by atoms with E-state index in [9.17, 15) is 43.2 Å². The van der Waals surface area contributed by atoms with Gasteiger partial charge in [-0.25, -0.2) is 9.13 Å². The van der Waals surface area contributed by atoms with Crippen LogP contribution in [0.2, 0.25) is 0 Å². The first-order valence-corrected chi connectivity index (χ1v) is 44.7. The number of aliphatic hydroxyl groups excluding tert-OH is 1. The van der Waals surface area contributed by atoms with Gasteiger partial charge in [-0.2, -0.15) is 0 Å². The van der Waals surface area contributed by atoms with E-state index in [-0.39, 0.29) is 25.7 Å². The molecule has 3 unspecified atom stereocenters. The first-order chi connectivity index (χ1) is 48.1. The average molecular weight is 1470 g/mol. The highest BCUT2D eigenvalue weighted by molar-refractivity contribution is 7.47. The molecule has 0 amide bonds. The van der Waals surface area contributed by atoms with Gasteiger partial charge in [0.05, 0.1) is 26.4 Å². The molecule has 0 aliphatic rings. The van der Waals surface area contributed by atoms with Gasteiger partial charge in [-0.15, -0.1) is 0 Å². The van der Waals surface area contributed by atoms with E-state index in [1.807, 2.05) is 0 Å². The number of aliphatic hydroxyl groups is 1. The summed E-state index contributed by atoms with van der Waals surface area (Å²) in [6.45, 7) is 14.3. The van der Waals surface area contributed by atoms with Crippen molar-refractivity contribution in [3.8, 4) is 0 Å². The summed E-state index contributed by atoms with van der Waals surface area (Å²) in [7, 11) is -9.92. The molecule has 0 spiro atoms. The molecule has 6 atom stereocenters. The summed E-state index contributed by atoms with van der Waals surface area (Å²) >= 11 is 0. The number of carbonyl (C=O) groups excluding carboxylic acids is 4. The maximum atomic E-state index is 13.1. The van der Waals surface area contributed by atoms with E-state index in [4.69, 9.17) is 37.0 Å². The molecular formula is C81H158O17P2. The van der Waals surface area contributed by atoms with E-state index in [1.165, 1.54) is 218 Å². The molecular weight excluding hydrogens is 1310 g/mol. The van der Waals surface area contributed by atoms with E-state index < -0.39 is 97.5 Å². The zero-order valence-corrected chi connectivity index (χ0v) is 67.6. The van der Waals surface area contributed by atoms with E-state index in [2.05, 4.69) is 55.4 Å². The Labute approximate surface area is 613 Å². The second-order valence-corrected chi connectivity index (χ2v) is 33.7. The topological polar surface area (TPSA) is 237 Å². The van der Waals surface area contributed by atoms with Gasteiger partial charge in [0, 0.05) is 25.7 Å². The van der Waals surface area contributed by atoms with Gasteiger partial charge in [-0.3, -0.25) is 37.3 Å². The Hall–Kier alpha value is -1.94. The van der Waals surface area contributed by atoms with Crippen molar-refractivity contribution in [1.29, 1.82) is 0 Å². The minimum atomic E-state index is -4.96. The first-order valence-electron chi connectivity index (χ1n) is 41.7. The minimum Gasteiger partial charge on any atom is -0.462 e. The lowest BCUT2D eigenvalue weighted by atomic mass is 9.99. The molecule has 100 heavy (non-hydrogen) atoms. The van der Waals surface area contributed by atoms with Crippen LogP contribution in [0.15, 0.2) is 0 Å². The lowest BCUT2D eigenvalue weighted by Crippen LogP contribution is -2.30. The summed E-state index contributed by atoms with van der Waals surface area (Å²) in [5.74, 6) is 1.01. The molecule has 0 aliphatic heterocycles. The van der Waals surface area contributed by atoms with Crippen molar-refractivity contribution in [2.45, 2.75) is 433 Å². The summed E-state index contributed by atoms with van der Waals surface area (Å²) in [5, 5.41) is 10.6. The molecule has 3 N–H and O–H groups in total. The molecule has 0 aromatic carbocycles. The summed E-state index contributed by atoms with van der Waals surface area (Å²) in [5.41, 5.74) is 0. The second kappa shape index (κ2) is 70.1. The smallest absolute Gasteiger partial charge is 0.462 e. The van der Waals surface area contributed by atoms with Gasteiger partial charge in [0.1, 0.15) is 19.3 Å². The van der Waals surface area contributed by atoms with Crippen LogP contribution in [0.1, 0.15) is 415 Å². The van der Waals surface area contributed by atoms with Crippen molar-refractivity contribution in [2.75, 3.05) is 39.6 Å². The highest BCUT2D eigenvalue weighted by Crippen LogP contribution is 2.45. The zero-order chi connectivity index (χ0) is 73.8. The fourth-order valence-corrected chi connectivity index (χ4v) is 14.0. The zero-order valence-electron chi connectivity index (χ0n) is 65.8. The number of ether oxygens (including phenoxy) is 4. The van der Waals surface area contributed by atoms with Gasteiger partial charge in [0.25, 0.3) is 0 Å². The van der Waals surface area contributed by atoms with E-state index in [1.54, 1.807) is 0 Å². The number of hydrogen-bond acceptors (Lipinski definition) is 15. The van der Waals surface area contributed by atoms with Gasteiger partial charge < -0.3 is 33.8 Å². The number of phosphoric ester groups is 2. The summed E-state index contributed by atoms with van der Waals surface area (Å²) in [6.07, 6.45) is 56.9. The predicted octanol–water partition coefficient (Wildman–Crippen LogP) is 24.0. The molecule has 0 aromatic rings. The van der Waals surface area contributed by atoms with Crippen molar-refractivity contribution >= 4 is 39.5 Å². The molecule has 0 fully saturated rings. The molecule has 0 heterocycles. The Bertz CT molecular complexity index is 1960. The Morgan fingerprint density at radius 2 is 0.480 bits per heavy atom. The summed E-state index contributed by atoms with van der Waals surface area (Å²) in [4.78, 5) is 73.0. The second-order valence-electron chi connectivity index (χ2n) is 30.8. The third-order valence-electron chi connectivity index (χ3n) is 19.2. The quantitative estimate of drug-likeness (QED) is 0.0222. The van der Waals surface area contributed by atoms with Crippen LogP contribution in [-0.2, 0) is 65.4 Å². The molecule has 17 nitrogen and oxygen atoms in total. The number of hydrogen-bond donors (Lipinski definition) is 3. The largest absolute Gasteiger partial charge is 0.472 e. The van der Waals surface area contributed by atoms with Crippen LogP contribution in [0.5, 0.6) is 0 Å². The normalized spacial score (nSPS) is 14.3. The SMILES string of the molecule is CCC(C)CCCCCCCCCCC(=O)OC[C@H](COP(=O)(O)OC[C@H](O)COP(=O)(O)OC[C@@H](COC(=O)CCCCCCCCCCCCCC(C)C)OC(=O)CCCCCCCCCCCCCCCCCCCCC(C)C)OC(=O)CCCCCCCCCCCCC(C)C. The van der Waals surface area contributed by atoms with Crippen LogP contribution < -0.4 is 0 Å². The van der Waals surface area contributed by atoms with E-state index in [0.29, 0.717) is 25.7 Å². The lowest BCUT2D eigenvalue weighted by molar-refractivity contribution is -0.161. The average Bonchev–Trinajstić information content (AvgIpc) is 0.916. The van der Waals surface area contributed by atoms with Crippen molar-refractivity contribution in [3.63, 3.8) is 0 Å². The number of esters is 4. The molecule has 19 heteroatoms. The molecule has 0 radical (unpaired) electrons. The summed E-state index contributed by atoms with van der Waals surface area (Å²) < 4.78 is 68.7. The monoisotopic (exact) mass is 1470 g/mol. The van der Waals surface area contributed by atoms with Crippen molar-refractivity contribution in [2.24, 2.45) is 23.7 Å².